The third-order valence-corrected chi connectivity index (χ3v) is 2.92. The number of amides is 2. The molecule has 0 aliphatic heterocycles. The Labute approximate surface area is 132 Å². The number of non-ortho nitro benzene ring substituents is 1. The topological polar surface area (TPSA) is 104 Å². The number of benzene rings is 2. The molecule has 2 aromatic rings. The molecule has 2 amide bonds. The molecule has 3 N–H and O–H groups in total. The van der Waals surface area contributed by atoms with Gasteiger partial charge in [-0.1, -0.05) is 12.1 Å². The number of alkyl halides is 3. The van der Waals surface area contributed by atoms with Gasteiger partial charge in [-0.2, -0.15) is 13.2 Å². The quantitative estimate of drug-likeness (QED) is 0.446. The maximum atomic E-state index is 12.8. The summed E-state index contributed by atoms with van der Waals surface area (Å²) >= 11 is 0. The van der Waals surface area contributed by atoms with E-state index in [-0.39, 0.29) is 5.69 Å². The predicted molar refractivity (Wildman–Crippen MR) is 78.8 cm³/mol. The van der Waals surface area contributed by atoms with Crippen LogP contribution in [0, 0.1) is 10.1 Å². The van der Waals surface area contributed by atoms with Gasteiger partial charge in [0.25, 0.3) is 5.69 Å². The molecular formula is C14H10F3N3O4. The van der Waals surface area contributed by atoms with Crippen LogP contribution in [0.4, 0.5) is 35.0 Å². The van der Waals surface area contributed by atoms with Gasteiger partial charge in [0.2, 0.25) is 0 Å². The fourth-order valence-electron chi connectivity index (χ4n) is 1.85. The number of para-hydroxylation sites is 1. The van der Waals surface area contributed by atoms with Crippen molar-refractivity contribution in [1.29, 1.82) is 0 Å². The number of halogens is 3. The molecule has 2 rings (SSSR count). The number of rotatable bonds is 3. The minimum Gasteiger partial charge on any atom is -0.506 e. The molecule has 0 unspecified atom stereocenters. The summed E-state index contributed by atoms with van der Waals surface area (Å²) in [6.45, 7) is 0. The van der Waals surface area contributed by atoms with Gasteiger partial charge in [0.05, 0.1) is 27.9 Å². The van der Waals surface area contributed by atoms with E-state index in [4.69, 9.17) is 0 Å². The number of nitrogens with zero attached hydrogens (tertiary/aromatic N) is 1. The Bertz CT molecular complexity index is 793. The van der Waals surface area contributed by atoms with Gasteiger partial charge in [0.15, 0.2) is 0 Å². The largest absolute Gasteiger partial charge is 0.506 e. The number of carbonyl (C=O) groups excluding carboxylic acids is 1. The standard InChI is InChI=1S/C14H10F3N3O4/c15-14(16,17)9-3-1-2-4-10(9)18-13(22)19-11-6-5-8(20(23)24)7-12(11)21/h1-7,21H,(H2,18,19,22). The normalized spacial score (nSPS) is 11.0. The number of aromatic hydroxyl groups is 1. The van der Waals surface area contributed by atoms with Gasteiger partial charge in [-0.3, -0.25) is 10.1 Å². The van der Waals surface area contributed by atoms with Crippen LogP contribution in [0.1, 0.15) is 5.56 Å². The Hall–Kier alpha value is -3.30. The summed E-state index contributed by atoms with van der Waals surface area (Å²) in [5, 5.41) is 24.3. The van der Waals surface area contributed by atoms with Crippen LogP contribution in [0.15, 0.2) is 42.5 Å². The maximum Gasteiger partial charge on any atom is 0.418 e. The van der Waals surface area contributed by atoms with E-state index in [0.29, 0.717) is 0 Å². The number of phenols is 1. The first-order chi connectivity index (χ1) is 11.2. The maximum absolute atomic E-state index is 12.8. The molecule has 0 aliphatic carbocycles. The zero-order chi connectivity index (χ0) is 17.9. The molecule has 7 nitrogen and oxygen atoms in total. The summed E-state index contributed by atoms with van der Waals surface area (Å²) in [6, 6.07) is 6.20. The fourth-order valence-corrected chi connectivity index (χ4v) is 1.85. The van der Waals surface area contributed by atoms with Crippen molar-refractivity contribution >= 4 is 23.1 Å². The van der Waals surface area contributed by atoms with E-state index in [2.05, 4.69) is 5.32 Å². The highest BCUT2D eigenvalue weighted by Crippen LogP contribution is 2.34. The van der Waals surface area contributed by atoms with Crippen molar-refractivity contribution in [3.8, 4) is 5.75 Å². The second-order valence-electron chi connectivity index (χ2n) is 4.58. The molecular weight excluding hydrogens is 331 g/mol. The molecule has 0 aliphatic rings. The number of nitro groups is 1. The van der Waals surface area contributed by atoms with Gasteiger partial charge in [-0.15, -0.1) is 0 Å². The molecule has 0 fully saturated rings. The third kappa shape index (κ3) is 3.91. The van der Waals surface area contributed by atoms with E-state index in [0.717, 1.165) is 30.3 Å². The second kappa shape index (κ2) is 6.44. The average Bonchev–Trinajstić information content (AvgIpc) is 2.48. The summed E-state index contributed by atoms with van der Waals surface area (Å²) in [5.41, 5.74) is -2.10. The smallest absolute Gasteiger partial charge is 0.418 e. The minimum absolute atomic E-state index is 0.192. The van der Waals surface area contributed by atoms with Crippen molar-refractivity contribution in [2.75, 3.05) is 10.6 Å². The van der Waals surface area contributed by atoms with Gasteiger partial charge in [0, 0.05) is 6.07 Å². The Morgan fingerprint density at radius 2 is 1.71 bits per heavy atom. The van der Waals surface area contributed by atoms with E-state index in [9.17, 15) is 33.2 Å². The number of hydrogen-bond acceptors (Lipinski definition) is 4. The molecule has 0 spiro atoms. The highest BCUT2D eigenvalue weighted by Gasteiger charge is 2.33. The first-order valence-corrected chi connectivity index (χ1v) is 6.40. The number of anilines is 2. The zero-order valence-electron chi connectivity index (χ0n) is 11.8. The second-order valence-corrected chi connectivity index (χ2v) is 4.58. The zero-order valence-corrected chi connectivity index (χ0v) is 11.8. The van der Waals surface area contributed by atoms with Crippen molar-refractivity contribution in [2.24, 2.45) is 0 Å². The van der Waals surface area contributed by atoms with Crippen LogP contribution in [0.3, 0.4) is 0 Å². The van der Waals surface area contributed by atoms with Crippen molar-refractivity contribution < 1.29 is 28.0 Å². The third-order valence-electron chi connectivity index (χ3n) is 2.92. The molecule has 10 heteroatoms. The van der Waals surface area contributed by atoms with Crippen LogP contribution in [-0.4, -0.2) is 16.1 Å². The summed E-state index contributed by atoms with van der Waals surface area (Å²) in [6.07, 6.45) is -4.65. The number of urea groups is 1. The average molecular weight is 341 g/mol. The Balaban J connectivity index is 2.17. The Morgan fingerprint density at radius 3 is 2.29 bits per heavy atom. The van der Waals surface area contributed by atoms with Crippen molar-refractivity contribution in [3.05, 3.63) is 58.1 Å². The Morgan fingerprint density at radius 1 is 1.08 bits per heavy atom. The highest BCUT2D eigenvalue weighted by atomic mass is 19.4. The van der Waals surface area contributed by atoms with Crippen LogP contribution in [0.25, 0.3) is 0 Å². The molecule has 0 atom stereocenters. The van der Waals surface area contributed by atoms with Gasteiger partial charge >= 0.3 is 12.2 Å². The summed E-state index contributed by atoms with van der Waals surface area (Å²) in [5.74, 6) is -0.594. The molecule has 0 bridgehead atoms. The fraction of sp³-hybridized carbons (Fsp3) is 0.0714. The lowest BCUT2D eigenvalue weighted by molar-refractivity contribution is -0.384. The van der Waals surface area contributed by atoms with Crippen molar-refractivity contribution in [1.82, 2.24) is 0 Å². The number of nitrogens with one attached hydrogen (secondary N) is 2. The van der Waals surface area contributed by atoms with E-state index >= 15 is 0 Å². The van der Waals surface area contributed by atoms with Gasteiger partial charge in [-0.25, -0.2) is 4.79 Å². The molecule has 126 valence electrons. The van der Waals surface area contributed by atoms with Crippen molar-refractivity contribution in [2.45, 2.75) is 6.18 Å². The van der Waals surface area contributed by atoms with E-state index in [1.54, 1.807) is 0 Å². The molecule has 0 saturated heterocycles. The molecule has 0 radical (unpaired) electrons. The predicted octanol–water partition coefficient (Wildman–Crippen LogP) is 3.96. The molecule has 24 heavy (non-hydrogen) atoms. The van der Waals surface area contributed by atoms with Gasteiger partial charge in [-0.05, 0) is 18.2 Å². The van der Waals surface area contributed by atoms with E-state index in [1.807, 2.05) is 5.32 Å². The van der Waals surface area contributed by atoms with Crippen LogP contribution in [-0.2, 0) is 6.18 Å². The Kier molecular flexibility index (Phi) is 4.58. The number of carbonyl (C=O) groups is 1. The highest BCUT2D eigenvalue weighted by molar-refractivity contribution is 6.01. The molecule has 0 heterocycles. The number of nitro benzene ring substituents is 1. The summed E-state index contributed by atoms with van der Waals surface area (Å²) in [7, 11) is 0. The number of hydrogen-bond donors (Lipinski definition) is 3. The lowest BCUT2D eigenvalue weighted by atomic mass is 10.1. The van der Waals surface area contributed by atoms with Gasteiger partial charge in [0.1, 0.15) is 5.75 Å². The lowest BCUT2D eigenvalue weighted by Gasteiger charge is -2.14. The van der Waals surface area contributed by atoms with Crippen LogP contribution < -0.4 is 10.6 Å². The monoisotopic (exact) mass is 341 g/mol. The molecule has 0 aromatic heterocycles. The van der Waals surface area contributed by atoms with E-state index < -0.39 is 39.8 Å². The molecule has 2 aromatic carbocycles. The lowest BCUT2D eigenvalue weighted by Crippen LogP contribution is -2.21. The van der Waals surface area contributed by atoms with Crippen LogP contribution in [0.2, 0.25) is 0 Å². The summed E-state index contributed by atoms with van der Waals surface area (Å²) in [4.78, 5) is 21.6. The van der Waals surface area contributed by atoms with Crippen molar-refractivity contribution in [3.63, 3.8) is 0 Å². The minimum atomic E-state index is -4.65. The number of phenolic OH excluding ortho intramolecular Hbond substituents is 1. The van der Waals surface area contributed by atoms with Crippen LogP contribution >= 0.6 is 0 Å². The molecule has 0 saturated carbocycles. The van der Waals surface area contributed by atoms with Gasteiger partial charge < -0.3 is 15.7 Å². The summed E-state index contributed by atoms with van der Waals surface area (Å²) < 4.78 is 38.5. The first-order valence-electron chi connectivity index (χ1n) is 6.40. The van der Waals surface area contributed by atoms with E-state index in [1.165, 1.54) is 12.1 Å². The van der Waals surface area contributed by atoms with Crippen LogP contribution in [0.5, 0.6) is 5.75 Å². The SMILES string of the molecule is O=C(Nc1ccc([N+](=O)[O-])cc1O)Nc1ccccc1C(F)(F)F. The first kappa shape index (κ1) is 17.1.